The van der Waals surface area contributed by atoms with Crippen LogP contribution in [0.1, 0.15) is 13.8 Å². The Bertz CT molecular complexity index is 719. The molecule has 2 fully saturated rings. The van der Waals surface area contributed by atoms with Crippen molar-refractivity contribution in [2.75, 3.05) is 25.4 Å². The third-order valence-corrected chi connectivity index (χ3v) is 6.97. The van der Waals surface area contributed by atoms with Crippen LogP contribution in [0.2, 0.25) is 0 Å². The van der Waals surface area contributed by atoms with Gasteiger partial charge < -0.3 is 10.2 Å². The Balaban J connectivity index is 1.50. The molecular formula is C16H21FN2O3S. The summed E-state index contributed by atoms with van der Waals surface area (Å²) in [6.45, 7) is 5.84. The Morgan fingerprint density at radius 1 is 1.30 bits per heavy atom. The molecule has 2 aliphatic rings. The standard InChI is InChI=1S/C16H21FN2O3S/c1-16(2)11-9-19(10-12(11)16)15(20)18-7-8-23(21,22)14-6-4-3-5-13(14)17/h3-6,11-12H,7-10H2,1-2H3,(H,18,20)/t11-,12-/m1/s1. The van der Waals surface area contributed by atoms with Crippen LogP contribution in [0.4, 0.5) is 9.18 Å². The molecule has 1 saturated carbocycles. The molecule has 0 spiro atoms. The van der Waals surface area contributed by atoms with Gasteiger partial charge in [-0.15, -0.1) is 0 Å². The topological polar surface area (TPSA) is 66.5 Å². The lowest BCUT2D eigenvalue weighted by Gasteiger charge is -2.22. The number of carbonyl (C=O) groups excluding carboxylic acids is 1. The Morgan fingerprint density at radius 2 is 1.91 bits per heavy atom. The van der Waals surface area contributed by atoms with Crippen LogP contribution in [0, 0.1) is 23.1 Å². The van der Waals surface area contributed by atoms with Crippen LogP contribution in [0.25, 0.3) is 0 Å². The average Bonchev–Trinajstić information content (AvgIpc) is 2.86. The Hall–Kier alpha value is -1.63. The SMILES string of the molecule is CC1(C)[C@@H]2CN(C(=O)NCCS(=O)(=O)c3ccccc3F)C[C@H]21. The number of fused-ring (bicyclic) bond motifs is 1. The van der Waals surface area contributed by atoms with Gasteiger partial charge in [0.05, 0.1) is 5.75 Å². The second kappa shape index (κ2) is 5.47. The van der Waals surface area contributed by atoms with Crippen molar-refractivity contribution in [3.8, 4) is 0 Å². The lowest BCUT2D eigenvalue weighted by Crippen LogP contribution is -2.42. The van der Waals surface area contributed by atoms with Gasteiger partial charge in [-0.3, -0.25) is 0 Å². The Labute approximate surface area is 135 Å². The monoisotopic (exact) mass is 340 g/mol. The molecule has 1 aromatic rings. The number of benzene rings is 1. The molecular weight excluding hydrogens is 319 g/mol. The van der Waals surface area contributed by atoms with Gasteiger partial charge in [-0.05, 0) is 29.4 Å². The number of rotatable bonds is 4. The summed E-state index contributed by atoms with van der Waals surface area (Å²) in [5.74, 6) is 0.0257. The van der Waals surface area contributed by atoms with E-state index >= 15 is 0 Å². The molecule has 5 nitrogen and oxygen atoms in total. The first-order valence-corrected chi connectivity index (χ1v) is 9.39. The number of nitrogens with one attached hydrogen (secondary N) is 1. The lowest BCUT2D eigenvalue weighted by molar-refractivity contribution is 0.197. The zero-order valence-electron chi connectivity index (χ0n) is 13.3. The molecule has 0 radical (unpaired) electrons. The number of nitrogens with zero attached hydrogens (tertiary/aromatic N) is 1. The molecule has 2 amide bonds. The second-order valence-corrected chi connectivity index (χ2v) is 9.00. The number of sulfone groups is 1. The van der Waals surface area contributed by atoms with E-state index in [1.165, 1.54) is 18.2 Å². The molecule has 1 N–H and O–H groups in total. The van der Waals surface area contributed by atoms with Crippen LogP contribution < -0.4 is 5.32 Å². The van der Waals surface area contributed by atoms with Crippen LogP contribution in [0.3, 0.4) is 0 Å². The van der Waals surface area contributed by atoms with E-state index in [1.807, 2.05) is 0 Å². The maximum absolute atomic E-state index is 13.6. The van der Waals surface area contributed by atoms with Crippen molar-refractivity contribution in [1.82, 2.24) is 10.2 Å². The molecule has 0 unspecified atom stereocenters. The van der Waals surface area contributed by atoms with E-state index in [0.717, 1.165) is 19.2 Å². The second-order valence-electron chi connectivity index (χ2n) is 6.92. The summed E-state index contributed by atoms with van der Waals surface area (Å²) >= 11 is 0. The minimum absolute atomic E-state index is 0.0231. The van der Waals surface area contributed by atoms with E-state index in [1.54, 1.807) is 4.90 Å². The maximum atomic E-state index is 13.6. The summed E-state index contributed by atoms with van der Waals surface area (Å²) in [4.78, 5) is 13.5. The van der Waals surface area contributed by atoms with Crippen molar-refractivity contribution in [3.05, 3.63) is 30.1 Å². The summed E-state index contributed by atoms with van der Waals surface area (Å²) in [6, 6.07) is 5.03. The number of amides is 2. The first kappa shape index (κ1) is 16.2. The fraction of sp³-hybridized carbons (Fsp3) is 0.562. The predicted octanol–water partition coefficient (Wildman–Crippen LogP) is 1.90. The first-order chi connectivity index (χ1) is 10.7. The van der Waals surface area contributed by atoms with Crippen molar-refractivity contribution >= 4 is 15.9 Å². The molecule has 1 saturated heterocycles. The number of piperidine rings is 1. The Morgan fingerprint density at radius 3 is 2.52 bits per heavy atom. The quantitative estimate of drug-likeness (QED) is 0.910. The lowest BCUT2D eigenvalue weighted by atomic mass is 10.1. The third kappa shape index (κ3) is 2.94. The molecule has 1 aromatic carbocycles. The molecule has 2 atom stereocenters. The van der Waals surface area contributed by atoms with Crippen molar-refractivity contribution in [2.24, 2.45) is 17.3 Å². The summed E-state index contributed by atoms with van der Waals surface area (Å²) < 4.78 is 37.8. The first-order valence-electron chi connectivity index (χ1n) is 7.73. The van der Waals surface area contributed by atoms with E-state index in [-0.39, 0.29) is 23.2 Å². The molecule has 1 aliphatic carbocycles. The van der Waals surface area contributed by atoms with Gasteiger partial charge in [0.2, 0.25) is 0 Å². The fourth-order valence-electron chi connectivity index (χ4n) is 3.51. The highest BCUT2D eigenvalue weighted by Crippen LogP contribution is 2.61. The molecule has 3 rings (SSSR count). The summed E-state index contributed by atoms with van der Waals surface area (Å²) in [5, 5.41) is 2.62. The Kier molecular flexibility index (Phi) is 3.86. The number of likely N-dealkylation sites (tertiary alicyclic amines) is 1. The molecule has 23 heavy (non-hydrogen) atoms. The summed E-state index contributed by atoms with van der Waals surface area (Å²) in [7, 11) is -3.74. The van der Waals surface area contributed by atoms with Gasteiger partial charge in [0.15, 0.2) is 9.84 Å². The van der Waals surface area contributed by atoms with Crippen molar-refractivity contribution < 1.29 is 17.6 Å². The van der Waals surface area contributed by atoms with Crippen LogP contribution >= 0.6 is 0 Å². The van der Waals surface area contributed by atoms with Gasteiger partial charge >= 0.3 is 6.03 Å². The van der Waals surface area contributed by atoms with Gasteiger partial charge in [-0.1, -0.05) is 26.0 Å². The molecule has 0 bridgehead atoms. The minimum atomic E-state index is -3.74. The van der Waals surface area contributed by atoms with Crippen LogP contribution in [0.15, 0.2) is 29.2 Å². The zero-order valence-corrected chi connectivity index (χ0v) is 14.1. The van der Waals surface area contributed by atoms with Crippen LogP contribution in [-0.2, 0) is 9.84 Å². The molecule has 1 heterocycles. The highest BCUT2D eigenvalue weighted by molar-refractivity contribution is 7.91. The van der Waals surface area contributed by atoms with E-state index in [4.69, 9.17) is 0 Å². The summed E-state index contributed by atoms with van der Waals surface area (Å²) in [6.07, 6.45) is 0. The number of urea groups is 1. The maximum Gasteiger partial charge on any atom is 0.317 e. The average molecular weight is 340 g/mol. The van der Waals surface area contributed by atoms with Gasteiger partial charge in [0.25, 0.3) is 0 Å². The molecule has 0 aromatic heterocycles. The van der Waals surface area contributed by atoms with E-state index in [2.05, 4.69) is 19.2 Å². The molecule has 1 aliphatic heterocycles. The van der Waals surface area contributed by atoms with Gasteiger partial charge in [0.1, 0.15) is 10.7 Å². The molecule has 7 heteroatoms. The van der Waals surface area contributed by atoms with E-state index < -0.39 is 15.7 Å². The zero-order chi connectivity index (χ0) is 16.8. The number of halogens is 1. The van der Waals surface area contributed by atoms with E-state index in [0.29, 0.717) is 17.3 Å². The highest BCUT2D eigenvalue weighted by atomic mass is 32.2. The van der Waals surface area contributed by atoms with Gasteiger partial charge in [-0.25, -0.2) is 17.6 Å². The van der Waals surface area contributed by atoms with Gasteiger partial charge in [0, 0.05) is 19.6 Å². The summed E-state index contributed by atoms with van der Waals surface area (Å²) in [5.41, 5.74) is 0.324. The minimum Gasteiger partial charge on any atom is -0.337 e. The van der Waals surface area contributed by atoms with Crippen LogP contribution in [-0.4, -0.2) is 44.7 Å². The van der Waals surface area contributed by atoms with E-state index in [9.17, 15) is 17.6 Å². The number of hydrogen-bond donors (Lipinski definition) is 1. The predicted molar refractivity (Wildman–Crippen MR) is 84.2 cm³/mol. The van der Waals surface area contributed by atoms with Crippen LogP contribution in [0.5, 0.6) is 0 Å². The van der Waals surface area contributed by atoms with Gasteiger partial charge in [-0.2, -0.15) is 0 Å². The highest BCUT2D eigenvalue weighted by Gasteiger charge is 2.62. The normalized spacial score (nSPS) is 25.1. The van der Waals surface area contributed by atoms with Crippen molar-refractivity contribution in [1.29, 1.82) is 0 Å². The number of carbonyl (C=O) groups is 1. The van der Waals surface area contributed by atoms with Crippen molar-refractivity contribution in [3.63, 3.8) is 0 Å². The largest absolute Gasteiger partial charge is 0.337 e. The third-order valence-electron chi connectivity index (χ3n) is 5.23. The fourth-order valence-corrected chi connectivity index (χ4v) is 4.75. The number of hydrogen-bond acceptors (Lipinski definition) is 3. The smallest absolute Gasteiger partial charge is 0.317 e. The molecule has 126 valence electrons. The van der Waals surface area contributed by atoms with Crippen molar-refractivity contribution in [2.45, 2.75) is 18.7 Å².